The first-order valence-electron chi connectivity index (χ1n) is 30.0. The number of hydrogen-bond acceptors (Lipinski definition) is 11. The van der Waals surface area contributed by atoms with E-state index in [-0.39, 0.29) is 63.8 Å². The number of hydrogen-bond donors (Lipinski definition) is 0. The van der Waals surface area contributed by atoms with Crippen molar-refractivity contribution >= 4 is 29.7 Å². The Morgan fingerprint density at radius 1 is 0.683 bits per heavy atom. The number of esters is 3. The number of carbonyl (C=O) groups is 5. The van der Waals surface area contributed by atoms with E-state index in [1.165, 1.54) is 19.4 Å². The van der Waals surface area contributed by atoms with E-state index in [0.717, 1.165) is 79.4 Å². The lowest BCUT2D eigenvalue weighted by atomic mass is 9.33. The molecule has 82 heavy (non-hydrogen) atoms. The highest BCUT2D eigenvalue weighted by atomic mass is 16.7. The third kappa shape index (κ3) is 9.23. The maximum Gasteiger partial charge on any atom is 0.312 e. The van der Waals surface area contributed by atoms with Crippen molar-refractivity contribution in [3.63, 3.8) is 0 Å². The molecule has 4 aromatic carbocycles. The molecular formula is C70H83NO11. The van der Waals surface area contributed by atoms with Crippen molar-refractivity contribution in [1.29, 1.82) is 0 Å². The molecule has 434 valence electrons. The molecule has 12 nitrogen and oxygen atoms in total. The summed E-state index contributed by atoms with van der Waals surface area (Å²) in [6.07, 6.45) is 7.24. The standard InChI is InChI=1S/C70H83NO11/c1-11-41-77-63(76)69-39-37-64(4,5)42-52(69)51-31-32-55-66(8)35-34-56(65(6,7)54(66)33-36-68(55,10)67(51,9)38-40-69)82-62-57(71-60(74)49-29-21-22-30-50(49)61(71)75)59(80-45(3)73)58(79-44(2)72)53(81-62)43-78-70(46-23-15-12-16-24-46,47-25-17-13-18-26-47)48-27-19-14-20-28-48/h11-31,52-59,62H,1,32-43H2,2-10H3/t52-,53+,54-,55+,56-,57+,58+,59+,62-,66-,67+,68+,69-/m0/s1. The summed E-state index contributed by atoms with van der Waals surface area (Å²) in [6.45, 7) is 23.3. The van der Waals surface area contributed by atoms with Crippen molar-refractivity contribution in [2.45, 2.75) is 169 Å². The molecule has 12 heteroatoms. The average molecular weight is 1110 g/mol. The van der Waals surface area contributed by atoms with Gasteiger partial charge in [0.15, 0.2) is 18.5 Å². The van der Waals surface area contributed by atoms with Crippen molar-refractivity contribution in [3.8, 4) is 0 Å². The van der Waals surface area contributed by atoms with Crippen molar-refractivity contribution < 1.29 is 52.4 Å². The lowest BCUT2D eigenvalue weighted by molar-refractivity contribution is -0.318. The van der Waals surface area contributed by atoms with Crippen LogP contribution < -0.4 is 0 Å². The van der Waals surface area contributed by atoms with Gasteiger partial charge >= 0.3 is 17.9 Å². The Hall–Kier alpha value is -6.21. The van der Waals surface area contributed by atoms with Gasteiger partial charge in [-0.3, -0.25) is 28.9 Å². The van der Waals surface area contributed by atoms with Gasteiger partial charge in [-0.1, -0.05) is 176 Å². The second-order valence-electron chi connectivity index (χ2n) is 27.0. The predicted molar refractivity (Wildman–Crippen MR) is 311 cm³/mol. The Kier molecular flexibility index (Phi) is 15.1. The fourth-order valence-corrected chi connectivity index (χ4v) is 17.8. The fourth-order valence-electron chi connectivity index (χ4n) is 17.8. The lowest BCUT2D eigenvalue weighted by Gasteiger charge is -2.71. The maximum atomic E-state index is 14.9. The van der Waals surface area contributed by atoms with Crippen LogP contribution >= 0.6 is 0 Å². The van der Waals surface area contributed by atoms with Crippen molar-refractivity contribution in [1.82, 2.24) is 4.90 Å². The summed E-state index contributed by atoms with van der Waals surface area (Å²) in [6, 6.07) is 34.9. The van der Waals surface area contributed by atoms with E-state index in [9.17, 15) is 24.0 Å². The molecule has 2 heterocycles. The molecule has 2 amide bonds. The zero-order valence-electron chi connectivity index (χ0n) is 49.5. The number of carbonyl (C=O) groups excluding carboxylic acids is 5. The van der Waals surface area contributed by atoms with Gasteiger partial charge in [0.25, 0.3) is 11.8 Å². The van der Waals surface area contributed by atoms with E-state index < -0.39 is 76.9 Å². The minimum Gasteiger partial charge on any atom is -0.461 e. The molecule has 0 aromatic heterocycles. The quantitative estimate of drug-likeness (QED) is 0.0297. The van der Waals surface area contributed by atoms with Crippen LogP contribution in [0.2, 0.25) is 0 Å². The summed E-state index contributed by atoms with van der Waals surface area (Å²) in [5.74, 6) is -2.03. The zero-order chi connectivity index (χ0) is 58.2. The number of ether oxygens (including phenoxy) is 6. The van der Waals surface area contributed by atoms with Gasteiger partial charge < -0.3 is 28.4 Å². The summed E-state index contributed by atoms with van der Waals surface area (Å²) in [7, 11) is 0. The van der Waals surface area contributed by atoms with Crippen LogP contribution in [0.15, 0.2) is 140 Å². The van der Waals surface area contributed by atoms with Gasteiger partial charge in [0.05, 0.1) is 29.3 Å². The molecular weight excluding hydrogens is 1030 g/mol. The number of benzene rings is 4. The molecule has 13 atom stereocenters. The second kappa shape index (κ2) is 21.4. The van der Waals surface area contributed by atoms with E-state index in [4.69, 9.17) is 28.4 Å². The third-order valence-electron chi connectivity index (χ3n) is 22.0. The number of allylic oxidation sites excluding steroid dienone is 2. The molecule has 4 aromatic rings. The molecule has 7 aliphatic rings. The highest BCUT2D eigenvalue weighted by Crippen LogP contribution is 2.76. The largest absolute Gasteiger partial charge is 0.461 e. The smallest absolute Gasteiger partial charge is 0.312 e. The topological polar surface area (TPSA) is 144 Å². The van der Waals surface area contributed by atoms with Crippen LogP contribution in [0.5, 0.6) is 0 Å². The van der Waals surface area contributed by atoms with Crippen LogP contribution in [0.4, 0.5) is 0 Å². The van der Waals surface area contributed by atoms with Gasteiger partial charge in [-0.15, -0.1) is 0 Å². The summed E-state index contributed by atoms with van der Waals surface area (Å²) < 4.78 is 40.7. The van der Waals surface area contributed by atoms with Crippen molar-refractivity contribution in [3.05, 3.63) is 167 Å². The minimum atomic E-state index is -1.44. The molecule has 0 bridgehead atoms. The Labute approximate surface area is 484 Å². The predicted octanol–water partition coefficient (Wildman–Crippen LogP) is 13.2. The van der Waals surface area contributed by atoms with Crippen LogP contribution in [0.3, 0.4) is 0 Å². The molecule has 5 fully saturated rings. The average Bonchev–Trinajstić information content (AvgIpc) is 1.13. The van der Waals surface area contributed by atoms with Crippen LogP contribution in [0.1, 0.15) is 164 Å². The molecule has 0 spiro atoms. The molecule has 5 aliphatic carbocycles. The van der Waals surface area contributed by atoms with E-state index in [1.54, 1.807) is 30.3 Å². The van der Waals surface area contributed by atoms with Gasteiger partial charge in [-0.25, -0.2) is 0 Å². The Morgan fingerprint density at radius 3 is 1.79 bits per heavy atom. The van der Waals surface area contributed by atoms with Gasteiger partial charge in [0, 0.05) is 13.8 Å². The van der Waals surface area contributed by atoms with Gasteiger partial charge in [0.1, 0.15) is 24.4 Å². The first-order chi connectivity index (χ1) is 39.1. The molecule has 11 rings (SSSR count). The summed E-state index contributed by atoms with van der Waals surface area (Å²) in [4.78, 5) is 72.2. The Bertz CT molecular complexity index is 3000. The molecule has 0 radical (unpaired) electrons. The molecule has 0 N–H and O–H groups in total. The molecule has 0 unspecified atom stereocenters. The third-order valence-corrected chi connectivity index (χ3v) is 22.0. The molecule has 2 aliphatic heterocycles. The van der Waals surface area contributed by atoms with Gasteiger partial charge in [-0.05, 0) is 138 Å². The van der Waals surface area contributed by atoms with Crippen molar-refractivity contribution in [2.24, 2.45) is 50.2 Å². The Balaban J connectivity index is 0.966. The van der Waals surface area contributed by atoms with Crippen LogP contribution in [-0.4, -0.2) is 84.6 Å². The second-order valence-corrected chi connectivity index (χ2v) is 27.0. The van der Waals surface area contributed by atoms with Crippen LogP contribution in [-0.2, 0) is 48.4 Å². The zero-order valence-corrected chi connectivity index (χ0v) is 49.5. The summed E-state index contributed by atoms with van der Waals surface area (Å²) in [5, 5.41) is 0. The number of fused-ring (bicyclic) bond motifs is 8. The summed E-state index contributed by atoms with van der Waals surface area (Å²) in [5.41, 5.74) is 1.88. The van der Waals surface area contributed by atoms with E-state index in [1.807, 2.05) is 91.0 Å². The van der Waals surface area contributed by atoms with E-state index in [0.29, 0.717) is 12.3 Å². The van der Waals surface area contributed by atoms with E-state index in [2.05, 4.69) is 61.1 Å². The summed E-state index contributed by atoms with van der Waals surface area (Å²) >= 11 is 0. The highest BCUT2D eigenvalue weighted by molar-refractivity contribution is 6.21. The Morgan fingerprint density at radius 2 is 1.23 bits per heavy atom. The molecule has 4 saturated carbocycles. The highest BCUT2D eigenvalue weighted by Gasteiger charge is 2.70. The SMILES string of the molecule is C=CCOC(=O)[C@]12CCC(C)(C)C[C@H]1C1=CC[C@@H]3[C@@]4(C)CC[C@H](O[C@@H]5O[C@H](COC(c6ccccc6)(c6ccccc6)c6ccccc6)[C@@H](OC(C)=O)[C@H](OC(C)=O)[C@H]5N5C(=O)c6ccccc6C5=O)C(C)(C)[C@@H]4CC[C@@]3(C)[C@]1(C)CC2. The normalized spacial score (nSPS) is 34.4. The first-order valence-corrected chi connectivity index (χ1v) is 30.0. The lowest BCUT2D eigenvalue weighted by Crippen LogP contribution is -2.69. The molecule has 1 saturated heterocycles. The number of nitrogens with zero attached hydrogens (tertiary/aromatic N) is 1. The van der Waals surface area contributed by atoms with Crippen LogP contribution in [0.25, 0.3) is 0 Å². The first kappa shape index (κ1) is 57.6. The minimum absolute atomic E-state index is 0.0569. The van der Waals surface area contributed by atoms with Gasteiger partial charge in [0.2, 0.25) is 0 Å². The maximum absolute atomic E-state index is 14.9. The van der Waals surface area contributed by atoms with E-state index >= 15 is 0 Å². The van der Waals surface area contributed by atoms with Crippen molar-refractivity contribution in [2.75, 3.05) is 13.2 Å². The number of amides is 2. The number of imide groups is 1. The van der Waals surface area contributed by atoms with Crippen LogP contribution in [0, 0.1) is 50.2 Å². The fraction of sp³-hybridized carbons (Fsp3) is 0.529. The number of rotatable bonds is 14. The monoisotopic (exact) mass is 1110 g/mol. The van der Waals surface area contributed by atoms with Gasteiger partial charge in [-0.2, -0.15) is 0 Å².